The Kier molecular flexibility index (Phi) is 5.44. The van der Waals surface area contributed by atoms with E-state index < -0.39 is 0 Å². The highest BCUT2D eigenvalue weighted by Crippen LogP contribution is 2.28. The maximum absolute atomic E-state index is 11.6. The van der Waals surface area contributed by atoms with Crippen molar-refractivity contribution in [1.29, 1.82) is 0 Å². The number of carbonyl (C=O) groups excluding carboxylic acids is 1. The van der Waals surface area contributed by atoms with Crippen LogP contribution >= 0.6 is 0 Å². The summed E-state index contributed by atoms with van der Waals surface area (Å²) >= 11 is 0. The average Bonchev–Trinajstić information content (AvgIpc) is 2.14. The second-order valence-electron chi connectivity index (χ2n) is 3.55. The van der Waals surface area contributed by atoms with Crippen molar-refractivity contribution in [2.75, 3.05) is 6.61 Å². The fourth-order valence-corrected chi connectivity index (χ4v) is 1.28. The minimum Gasteiger partial charge on any atom is -0.461 e. The van der Waals surface area contributed by atoms with E-state index in [1.54, 1.807) is 6.08 Å². The number of ether oxygens (including phenoxy) is 1. The highest BCUT2D eigenvalue weighted by molar-refractivity contribution is 5.76. The van der Waals surface area contributed by atoms with E-state index in [-0.39, 0.29) is 11.4 Å². The smallest absolute Gasteiger partial charge is 0.312 e. The van der Waals surface area contributed by atoms with Gasteiger partial charge in [-0.15, -0.1) is 0 Å². The van der Waals surface area contributed by atoms with Gasteiger partial charge in [-0.05, 0) is 19.8 Å². The molecule has 2 heteroatoms. The molecule has 0 aliphatic rings. The van der Waals surface area contributed by atoms with Gasteiger partial charge in [0.25, 0.3) is 0 Å². The van der Waals surface area contributed by atoms with Crippen molar-refractivity contribution in [2.45, 2.75) is 40.0 Å². The Morgan fingerprint density at radius 2 is 2.15 bits per heavy atom. The van der Waals surface area contributed by atoms with E-state index in [0.717, 1.165) is 19.3 Å². The molecule has 1 atom stereocenters. The normalized spacial score (nSPS) is 14.7. The lowest BCUT2D eigenvalue weighted by Crippen LogP contribution is -2.29. The van der Waals surface area contributed by atoms with E-state index in [1.165, 1.54) is 0 Å². The van der Waals surface area contributed by atoms with Crippen LogP contribution < -0.4 is 0 Å². The molecular formula is C11H20O2. The number of esters is 1. The van der Waals surface area contributed by atoms with Crippen LogP contribution in [0.25, 0.3) is 0 Å². The Labute approximate surface area is 81.0 Å². The Hall–Kier alpha value is -0.790. The van der Waals surface area contributed by atoms with Gasteiger partial charge in [-0.3, -0.25) is 4.79 Å². The van der Waals surface area contributed by atoms with Crippen LogP contribution in [0.2, 0.25) is 0 Å². The first-order chi connectivity index (χ1) is 6.10. The van der Waals surface area contributed by atoms with Crippen molar-refractivity contribution in [3.05, 3.63) is 12.7 Å². The summed E-state index contributed by atoms with van der Waals surface area (Å²) in [7, 11) is 0. The van der Waals surface area contributed by atoms with Gasteiger partial charge in [0.2, 0.25) is 0 Å². The summed E-state index contributed by atoms with van der Waals surface area (Å²) in [5, 5.41) is 0. The Morgan fingerprint density at radius 3 is 2.54 bits per heavy atom. The molecule has 0 saturated carbocycles. The molecule has 0 N–H and O–H groups in total. The van der Waals surface area contributed by atoms with Gasteiger partial charge >= 0.3 is 5.97 Å². The number of hydrogen-bond acceptors (Lipinski definition) is 2. The van der Waals surface area contributed by atoms with E-state index in [1.807, 2.05) is 13.8 Å². The summed E-state index contributed by atoms with van der Waals surface area (Å²) in [6.45, 7) is 9.88. The summed E-state index contributed by atoms with van der Waals surface area (Å²) in [5.41, 5.74) is -0.308. The molecule has 0 aliphatic carbocycles. The molecule has 0 aliphatic heterocycles. The summed E-state index contributed by atoms with van der Waals surface area (Å²) in [5.74, 6) is -0.100. The highest BCUT2D eigenvalue weighted by Gasteiger charge is 2.31. The largest absolute Gasteiger partial charge is 0.461 e. The molecule has 0 aromatic rings. The summed E-state index contributed by atoms with van der Waals surface area (Å²) in [4.78, 5) is 11.6. The predicted molar refractivity (Wildman–Crippen MR) is 54.5 cm³/mol. The van der Waals surface area contributed by atoms with Crippen molar-refractivity contribution in [3.8, 4) is 0 Å². The topological polar surface area (TPSA) is 26.3 Å². The van der Waals surface area contributed by atoms with Crippen molar-refractivity contribution in [3.63, 3.8) is 0 Å². The lowest BCUT2D eigenvalue weighted by molar-refractivity contribution is -0.154. The molecule has 13 heavy (non-hydrogen) atoms. The number of rotatable bonds is 6. The van der Waals surface area contributed by atoms with Gasteiger partial charge in [-0.25, -0.2) is 0 Å². The maximum Gasteiger partial charge on any atom is 0.312 e. The summed E-state index contributed by atoms with van der Waals surface area (Å²) in [6, 6.07) is 0. The van der Waals surface area contributed by atoms with E-state index in [4.69, 9.17) is 4.74 Å². The van der Waals surface area contributed by atoms with Crippen LogP contribution in [-0.2, 0) is 9.53 Å². The van der Waals surface area contributed by atoms with Crippen LogP contribution in [0.15, 0.2) is 12.7 Å². The Bertz CT molecular complexity index is 175. The zero-order chi connectivity index (χ0) is 10.3. The van der Waals surface area contributed by atoms with Crippen molar-refractivity contribution in [2.24, 2.45) is 5.41 Å². The minimum atomic E-state index is -0.308. The molecule has 0 bridgehead atoms. The third-order valence-electron chi connectivity index (χ3n) is 2.41. The van der Waals surface area contributed by atoms with Crippen LogP contribution in [0.1, 0.15) is 40.0 Å². The van der Waals surface area contributed by atoms with Gasteiger partial charge in [0.05, 0.1) is 5.41 Å². The van der Waals surface area contributed by atoms with Gasteiger partial charge in [-0.2, -0.15) is 0 Å². The molecule has 2 nitrogen and oxygen atoms in total. The lowest BCUT2D eigenvalue weighted by Gasteiger charge is -2.24. The van der Waals surface area contributed by atoms with Crippen LogP contribution in [-0.4, -0.2) is 12.6 Å². The average molecular weight is 184 g/mol. The first kappa shape index (κ1) is 12.2. The molecule has 0 rings (SSSR count). The zero-order valence-electron chi connectivity index (χ0n) is 8.93. The van der Waals surface area contributed by atoms with Crippen LogP contribution in [0, 0.1) is 5.41 Å². The SMILES string of the molecule is C=CCOC(=O)C(C)(CC)CCC. The van der Waals surface area contributed by atoms with Crippen LogP contribution in [0.5, 0.6) is 0 Å². The second kappa shape index (κ2) is 5.79. The van der Waals surface area contributed by atoms with Gasteiger partial charge in [-0.1, -0.05) is 32.9 Å². The summed E-state index contributed by atoms with van der Waals surface area (Å²) < 4.78 is 5.04. The Balaban J connectivity index is 4.19. The second-order valence-corrected chi connectivity index (χ2v) is 3.55. The Morgan fingerprint density at radius 1 is 1.54 bits per heavy atom. The fraction of sp³-hybridized carbons (Fsp3) is 0.727. The van der Waals surface area contributed by atoms with Gasteiger partial charge in [0, 0.05) is 0 Å². The summed E-state index contributed by atoms with van der Waals surface area (Å²) in [6.07, 6.45) is 4.32. The van der Waals surface area contributed by atoms with Crippen molar-refractivity contribution in [1.82, 2.24) is 0 Å². The van der Waals surface area contributed by atoms with E-state index in [2.05, 4.69) is 13.5 Å². The molecule has 0 heterocycles. The molecule has 76 valence electrons. The standard InChI is InChI=1S/C11H20O2/c1-5-8-11(4,7-3)10(12)13-9-6-2/h6H,2,5,7-9H2,1,3-4H3. The minimum absolute atomic E-state index is 0.100. The predicted octanol–water partition coefficient (Wildman–Crippen LogP) is 2.93. The van der Waals surface area contributed by atoms with Gasteiger partial charge in [0.15, 0.2) is 0 Å². The first-order valence-electron chi connectivity index (χ1n) is 4.88. The van der Waals surface area contributed by atoms with Crippen molar-refractivity contribution < 1.29 is 9.53 Å². The number of carbonyl (C=O) groups is 1. The quantitative estimate of drug-likeness (QED) is 0.468. The molecule has 0 radical (unpaired) electrons. The molecule has 0 spiro atoms. The van der Waals surface area contributed by atoms with Gasteiger partial charge in [0.1, 0.15) is 6.61 Å². The van der Waals surface area contributed by atoms with Gasteiger partial charge < -0.3 is 4.74 Å². The number of hydrogen-bond donors (Lipinski definition) is 0. The molecule has 0 aromatic carbocycles. The highest BCUT2D eigenvalue weighted by atomic mass is 16.5. The lowest BCUT2D eigenvalue weighted by atomic mass is 9.83. The molecule has 0 saturated heterocycles. The molecular weight excluding hydrogens is 164 g/mol. The van der Waals surface area contributed by atoms with Crippen LogP contribution in [0.3, 0.4) is 0 Å². The third kappa shape index (κ3) is 3.62. The third-order valence-corrected chi connectivity index (χ3v) is 2.41. The maximum atomic E-state index is 11.6. The van der Waals surface area contributed by atoms with Crippen LogP contribution in [0.4, 0.5) is 0 Å². The monoisotopic (exact) mass is 184 g/mol. The van der Waals surface area contributed by atoms with E-state index in [9.17, 15) is 4.79 Å². The fourth-order valence-electron chi connectivity index (χ4n) is 1.28. The zero-order valence-corrected chi connectivity index (χ0v) is 8.93. The molecule has 0 amide bonds. The van der Waals surface area contributed by atoms with Crippen molar-refractivity contribution >= 4 is 5.97 Å². The molecule has 1 unspecified atom stereocenters. The van der Waals surface area contributed by atoms with E-state index >= 15 is 0 Å². The molecule has 0 aromatic heterocycles. The van der Waals surface area contributed by atoms with E-state index in [0.29, 0.717) is 6.61 Å². The molecule has 0 fully saturated rings. The first-order valence-corrected chi connectivity index (χ1v) is 4.88.